The number of rotatable bonds is 4. The van der Waals surface area contributed by atoms with Crippen molar-refractivity contribution in [1.29, 1.82) is 0 Å². The Hall–Kier alpha value is -1.36. The van der Waals surface area contributed by atoms with E-state index in [9.17, 15) is 4.79 Å². The predicted molar refractivity (Wildman–Crippen MR) is 77.8 cm³/mol. The SMILES string of the molecule is CCNC1CCCN(c2nccn(C(C)C)c2=O)C1. The van der Waals surface area contributed by atoms with Crippen LogP contribution in [-0.2, 0) is 0 Å². The fraction of sp³-hybridized carbons (Fsp3) is 0.714. The number of anilines is 1. The van der Waals surface area contributed by atoms with Gasteiger partial charge in [-0.15, -0.1) is 0 Å². The fourth-order valence-corrected chi connectivity index (χ4v) is 2.66. The topological polar surface area (TPSA) is 50.2 Å². The van der Waals surface area contributed by atoms with Crippen molar-refractivity contribution in [2.45, 2.75) is 45.7 Å². The molecule has 1 unspecified atom stereocenters. The molecule has 1 aromatic heterocycles. The monoisotopic (exact) mass is 264 g/mol. The van der Waals surface area contributed by atoms with E-state index < -0.39 is 0 Å². The quantitative estimate of drug-likeness (QED) is 0.893. The number of nitrogens with zero attached hydrogens (tertiary/aromatic N) is 3. The minimum Gasteiger partial charge on any atom is -0.350 e. The first-order valence-corrected chi connectivity index (χ1v) is 7.19. The number of nitrogens with one attached hydrogen (secondary N) is 1. The third-order valence-corrected chi connectivity index (χ3v) is 3.62. The Morgan fingerprint density at radius 2 is 2.32 bits per heavy atom. The molecule has 1 aliphatic rings. The molecule has 1 atom stereocenters. The highest BCUT2D eigenvalue weighted by atomic mass is 16.1. The lowest BCUT2D eigenvalue weighted by molar-refractivity contribution is 0.427. The summed E-state index contributed by atoms with van der Waals surface area (Å²) in [5.74, 6) is 0.596. The molecule has 0 spiro atoms. The highest BCUT2D eigenvalue weighted by molar-refractivity contribution is 5.36. The normalized spacial score (nSPS) is 20.0. The summed E-state index contributed by atoms with van der Waals surface area (Å²) >= 11 is 0. The van der Waals surface area contributed by atoms with Gasteiger partial charge in [0.1, 0.15) is 0 Å². The Balaban J connectivity index is 2.22. The van der Waals surface area contributed by atoms with Crippen molar-refractivity contribution in [1.82, 2.24) is 14.9 Å². The number of likely N-dealkylation sites (N-methyl/N-ethyl adjacent to an activating group) is 1. The second kappa shape index (κ2) is 6.19. The molecule has 1 aliphatic heterocycles. The maximum atomic E-state index is 12.4. The molecule has 5 heteroatoms. The van der Waals surface area contributed by atoms with Crippen LogP contribution in [0.4, 0.5) is 5.82 Å². The van der Waals surface area contributed by atoms with Gasteiger partial charge in [0.15, 0.2) is 5.82 Å². The van der Waals surface area contributed by atoms with E-state index in [4.69, 9.17) is 0 Å². The summed E-state index contributed by atoms with van der Waals surface area (Å²) in [6.07, 6.45) is 5.78. The lowest BCUT2D eigenvalue weighted by Crippen LogP contribution is -2.48. The molecule has 0 saturated carbocycles. The lowest BCUT2D eigenvalue weighted by Gasteiger charge is -2.33. The summed E-state index contributed by atoms with van der Waals surface area (Å²) in [4.78, 5) is 18.8. The molecule has 106 valence electrons. The molecule has 1 saturated heterocycles. The van der Waals surface area contributed by atoms with Crippen LogP contribution in [-0.4, -0.2) is 35.2 Å². The van der Waals surface area contributed by atoms with Crippen LogP contribution in [0.2, 0.25) is 0 Å². The van der Waals surface area contributed by atoms with E-state index >= 15 is 0 Å². The molecule has 0 amide bonds. The van der Waals surface area contributed by atoms with Crippen molar-refractivity contribution in [3.05, 3.63) is 22.7 Å². The van der Waals surface area contributed by atoms with Crippen LogP contribution in [0.25, 0.3) is 0 Å². The van der Waals surface area contributed by atoms with Crippen LogP contribution in [0.3, 0.4) is 0 Å². The molecule has 2 heterocycles. The summed E-state index contributed by atoms with van der Waals surface area (Å²) in [5.41, 5.74) is 0.0228. The molecule has 1 N–H and O–H groups in total. The van der Waals surface area contributed by atoms with E-state index in [1.54, 1.807) is 17.0 Å². The van der Waals surface area contributed by atoms with Gasteiger partial charge in [-0.1, -0.05) is 6.92 Å². The van der Waals surface area contributed by atoms with Crippen molar-refractivity contribution < 1.29 is 0 Å². The average molecular weight is 264 g/mol. The minimum absolute atomic E-state index is 0.0228. The first-order chi connectivity index (χ1) is 9.13. The Kier molecular flexibility index (Phi) is 4.58. The van der Waals surface area contributed by atoms with Crippen molar-refractivity contribution in [3.8, 4) is 0 Å². The van der Waals surface area contributed by atoms with Gasteiger partial charge in [0.2, 0.25) is 0 Å². The number of hydrogen-bond donors (Lipinski definition) is 1. The molecule has 1 fully saturated rings. The van der Waals surface area contributed by atoms with Gasteiger partial charge < -0.3 is 14.8 Å². The fourth-order valence-electron chi connectivity index (χ4n) is 2.66. The Bertz CT molecular complexity index is 467. The molecular formula is C14H24N4O. The lowest BCUT2D eigenvalue weighted by atomic mass is 10.1. The zero-order chi connectivity index (χ0) is 13.8. The zero-order valence-corrected chi connectivity index (χ0v) is 12.1. The standard InChI is InChI=1S/C14H24N4O/c1-4-15-12-6-5-8-17(10-12)13-14(19)18(11(2)3)9-7-16-13/h7,9,11-12,15H,4-6,8,10H2,1-3H3. The maximum Gasteiger partial charge on any atom is 0.293 e. The highest BCUT2D eigenvalue weighted by Crippen LogP contribution is 2.15. The van der Waals surface area contributed by atoms with Crippen molar-refractivity contribution in [3.63, 3.8) is 0 Å². The van der Waals surface area contributed by atoms with Crippen molar-refractivity contribution in [2.75, 3.05) is 24.5 Å². The van der Waals surface area contributed by atoms with Crippen LogP contribution in [0.1, 0.15) is 39.7 Å². The molecule has 2 rings (SSSR count). The molecule has 19 heavy (non-hydrogen) atoms. The zero-order valence-electron chi connectivity index (χ0n) is 12.1. The second-order valence-electron chi connectivity index (χ2n) is 5.40. The first kappa shape index (κ1) is 14.1. The summed E-state index contributed by atoms with van der Waals surface area (Å²) in [5, 5.41) is 3.46. The largest absolute Gasteiger partial charge is 0.350 e. The maximum absolute atomic E-state index is 12.4. The summed E-state index contributed by atoms with van der Waals surface area (Å²) in [7, 11) is 0. The molecule has 1 aromatic rings. The van der Waals surface area contributed by atoms with E-state index in [2.05, 4.69) is 22.1 Å². The van der Waals surface area contributed by atoms with Gasteiger partial charge in [0, 0.05) is 37.6 Å². The van der Waals surface area contributed by atoms with Gasteiger partial charge in [-0.25, -0.2) is 4.98 Å². The van der Waals surface area contributed by atoms with E-state index in [1.807, 2.05) is 13.8 Å². The smallest absolute Gasteiger partial charge is 0.293 e. The Labute approximate surface area is 114 Å². The summed E-state index contributed by atoms with van der Waals surface area (Å²) in [6.45, 7) is 8.92. The van der Waals surface area contributed by atoms with E-state index in [0.29, 0.717) is 11.9 Å². The average Bonchev–Trinajstić information content (AvgIpc) is 2.39. The van der Waals surface area contributed by atoms with Gasteiger partial charge in [-0.3, -0.25) is 4.79 Å². The van der Waals surface area contributed by atoms with Crippen LogP contribution in [0.5, 0.6) is 0 Å². The van der Waals surface area contributed by atoms with E-state index in [-0.39, 0.29) is 11.6 Å². The van der Waals surface area contributed by atoms with Gasteiger partial charge >= 0.3 is 0 Å². The number of piperidine rings is 1. The predicted octanol–water partition coefficient (Wildman–Crippen LogP) is 1.40. The molecule has 0 aromatic carbocycles. The van der Waals surface area contributed by atoms with Gasteiger partial charge in [0.25, 0.3) is 5.56 Å². The van der Waals surface area contributed by atoms with Crippen LogP contribution in [0, 0.1) is 0 Å². The van der Waals surface area contributed by atoms with E-state index in [1.165, 1.54) is 6.42 Å². The van der Waals surface area contributed by atoms with Crippen molar-refractivity contribution in [2.24, 2.45) is 0 Å². The highest BCUT2D eigenvalue weighted by Gasteiger charge is 2.22. The molecule has 5 nitrogen and oxygen atoms in total. The molecule has 0 bridgehead atoms. The van der Waals surface area contributed by atoms with Gasteiger partial charge in [0.05, 0.1) is 0 Å². The number of aromatic nitrogens is 2. The summed E-state index contributed by atoms with van der Waals surface area (Å²) in [6, 6.07) is 0.635. The molecule has 0 radical (unpaired) electrons. The first-order valence-electron chi connectivity index (χ1n) is 7.19. The molecular weight excluding hydrogens is 240 g/mol. The third-order valence-electron chi connectivity index (χ3n) is 3.62. The molecule has 0 aliphatic carbocycles. The van der Waals surface area contributed by atoms with Crippen molar-refractivity contribution >= 4 is 5.82 Å². The second-order valence-corrected chi connectivity index (χ2v) is 5.40. The number of hydrogen-bond acceptors (Lipinski definition) is 4. The summed E-state index contributed by atoms with van der Waals surface area (Å²) < 4.78 is 1.75. The van der Waals surface area contributed by atoms with Crippen LogP contribution < -0.4 is 15.8 Å². The van der Waals surface area contributed by atoms with Gasteiger partial charge in [-0.2, -0.15) is 0 Å². The Morgan fingerprint density at radius 1 is 1.53 bits per heavy atom. The third kappa shape index (κ3) is 3.15. The van der Waals surface area contributed by atoms with Crippen LogP contribution >= 0.6 is 0 Å². The van der Waals surface area contributed by atoms with Gasteiger partial charge in [-0.05, 0) is 33.2 Å². The minimum atomic E-state index is 0.0228. The van der Waals surface area contributed by atoms with Crippen LogP contribution in [0.15, 0.2) is 17.2 Å². The Morgan fingerprint density at radius 3 is 3.00 bits per heavy atom. The van der Waals surface area contributed by atoms with E-state index in [0.717, 1.165) is 26.1 Å².